The fraction of sp³-hybridized carbons (Fsp3) is 0.222. The molecule has 0 radical (unpaired) electrons. The van der Waals surface area contributed by atoms with E-state index >= 15 is 0 Å². The molecule has 4 nitrogen and oxygen atoms in total. The van der Waals surface area contributed by atoms with E-state index in [4.69, 9.17) is 23.2 Å². The van der Waals surface area contributed by atoms with Crippen LogP contribution in [0.1, 0.15) is 28.8 Å². The minimum atomic E-state index is -0.207. The summed E-state index contributed by atoms with van der Waals surface area (Å²) in [7, 11) is 0. The van der Waals surface area contributed by atoms with Gasteiger partial charge in [-0.05, 0) is 54.8 Å². The van der Waals surface area contributed by atoms with E-state index in [1.165, 1.54) is 0 Å². The lowest BCUT2D eigenvalue weighted by atomic mass is 10.1. The fourth-order valence-corrected chi connectivity index (χ4v) is 2.71. The highest BCUT2D eigenvalue weighted by atomic mass is 35.5. The summed E-state index contributed by atoms with van der Waals surface area (Å²) >= 11 is 11.9. The SMILES string of the molecule is O=C(NCc1ccc(Cl)cc1Cl)c1ccc(NC(=O)C2CC2)cc1. The van der Waals surface area contributed by atoms with Crippen molar-refractivity contribution in [2.45, 2.75) is 19.4 Å². The molecule has 0 aliphatic heterocycles. The molecule has 6 heteroatoms. The zero-order valence-electron chi connectivity index (χ0n) is 12.8. The van der Waals surface area contributed by atoms with Gasteiger partial charge in [-0.2, -0.15) is 0 Å². The Morgan fingerprint density at radius 2 is 1.75 bits per heavy atom. The molecule has 124 valence electrons. The number of hydrogen-bond donors (Lipinski definition) is 2. The molecule has 2 aromatic carbocycles. The predicted molar refractivity (Wildman–Crippen MR) is 95.4 cm³/mol. The predicted octanol–water partition coefficient (Wildman–Crippen LogP) is 4.27. The lowest BCUT2D eigenvalue weighted by molar-refractivity contribution is -0.117. The van der Waals surface area contributed by atoms with E-state index in [-0.39, 0.29) is 17.7 Å². The molecule has 1 fully saturated rings. The van der Waals surface area contributed by atoms with Gasteiger partial charge in [-0.1, -0.05) is 29.3 Å². The van der Waals surface area contributed by atoms with Gasteiger partial charge in [0.25, 0.3) is 5.91 Å². The summed E-state index contributed by atoms with van der Waals surface area (Å²) in [4.78, 5) is 23.9. The Bertz CT molecular complexity index is 771. The van der Waals surface area contributed by atoms with Gasteiger partial charge in [-0.15, -0.1) is 0 Å². The molecule has 24 heavy (non-hydrogen) atoms. The van der Waals surface area contributed by atoms with E-state index < -0.39 is 0 Å². The van der Waals surface area contributed by atoms with Crippen molar-refractivity contribution in [3.8, 4) is 0 Å². The number of carbonyl (C=O) groups excluding carboxylic acids is 2. The number of nitrogens with one attached hydrogen (secondary N) is 2. The topological polar surface area (TPSA) is 58.2 Å². The van der Waals surface area contributed by atoms with Crippen LogP contribution in [0, 0.1) is 5.92 Å². The highest BCUT2D eigenvalue weighted by molar-refractivity contribution is 6.35. The summed E-state index contributed by atoms with van der Waals surface area (Å²) < 4.78 is 0. The first-order chi connectivity index (χ1) is 11.5. The smallest absolute Gasteiger partial charge is 0.251 e. The molecule has 0 aromatic heterocycles. The third kappa shape index (κ3) is 4.28. The molecular formula is C18H16Cl2N2O2. The second-order valence-electron chi connectivity index (χ2n) is 5.76. The Balaban J connectivity index is 1.57. The Hall–Kier alpha value is -2.04. The molecule has 0 atom stereocenters. The molecule has 0 bridgehead atoms. The summed E-state index contributed by atoms with van der Waals surface area (Å²) in [5, 5.41) is 6.72. The maximum Gasteiger partial charge on any atom is 0.251 e. The second-order valence-corrected chi connectivity index (χ2v) is 6.60. The van der Waals surface area contributed by atoms with Crippen LogP contribution in [0.5, 0.6) is 0 Å². The number of hydrogen-bond acceptors (Lipinski definition) is 2. The van der Waals surface area contributed by atoms with Crippen LogP contribution in [0.3, 0.4) is 0 Å². The fourth-order valence-electron chi connectivity index (χ4n) is 2.24. The molecule has 2 N–H and O–H groups in total. The summed E-state index contributed by atoms with van der Waals surface area (Å²) in [6, 6.07) is 12.0. The Labute approximate surface area is 150 Å². The van der Waals surface area contributed by atoms with Gasteiger partial charge in [0.2, 0.25) is 5.91 Å². The minimum Gasteiger partial charge on any atom is -0.348 e. The van der Waals surface area contributed by atoms with Crippen LogP contribution >= 0.6 is 23.2 Å². The molecule has 0 saturated heterocycles. The van der Waals surface area contributed by atoms with E-state index in [9.17, 15) is 9.59 Å². The van der Waals surface area contributed by atoms with Crippen LogP contribution in [0.2, 0.25) is 10.0 Å². The lowest BCUT2D eigenvalue weighted by Gasteiger charge is -2.09. The molecule has 2 aromatic rings. The number of halogens is 2. The average molecular weight is 363 g/mol. The van der Waals surface area contributed by atoms with Gasteiger partial charge < -0.3 is 10.6 Å². The molecule has 1 saturated carbocycles. The van der Waals surface area contributed by atoms with Crippen molar-refractivity contribution in [2.75, 3.05) is 5.32 Å². The maximum absolute atomic E-state index is 12.2. The number of amides is 2. The normalized spacial score (nSPS) is 13.4. The monoisotopic (exact) mass is 362 g/mol. The summed E-state index contributed by atoms with van der Waals surface area (Å²) in [5.74, 6) is -0.0113. The third-order valence-electron chi connectivity index (χ3n) is 3.82. The summed E-state index contributed by atoms with van der Waals surface area (Å²) in [6.45, 7) is 0.314. The highest BCUT2D eigenvalue weighted by Crippen LogP contribution is 2.30. The van der Waals surface area contributed by atoms with Crippen molar-refractivity contribution < 1.29 is 9.59 Å². The summed E-state index contributed by atoms with van der Waals surface area (Å²) in [5.41, 5.74) is 2.01. The van der Waals surface area contributed by atoms with Crippen LogP contribution in [0.15, 0.2) is 42.5 Å². The van der Waals surface area contributed by atoms with Crippen LogP contribution in [-0.4, -0.2) is 11.8 Å². The second kappa shape index (κ2) is 7.24. The Morgan fingerprint density at radius 1 is 1.04 bits per heavy atom. The first-order valence-electron chi connectivity index (χ1n) is 7.66. The van der Waals surface area contributed by atoms with E-state index in [1.807, 2.05) is 0 Å². The third-order valence-corrected chi connectivity index (χ3v) is 4.40. The van der Waals surface area contributed by atoms with Crippen LogP contribution in [-0.2, 0) is 11.3 Å². The number of anilines is 1. The van der Waals surface area contributed by atoms with Crippen molar-refractivity contribution in [2.24, 2.45) is 5.92 Å². The average Bonchev–Trinajstić information content (AvgIpc) is 3.39. The quantitative estimate of drug-likeness (QED) is 0.834. The minimum absolute atomic E-state index is 0.0459. The van der Waals surface area contributed by atoms with Gasteiger partial charge in [0, 0.05) is 33.8 Å². The molecule has 0 heterocycles. The standard InChI is InChI=1S/C18H16Cl2N2O2/c19-14-6-3-13(16(20)9-14)10-21-17(23)11-4-7-15(8-5-11)22-18(24)12-1-2-12/h3-9,12H,1-2,10H2,(H,21,23)(H,22,24). The van der Waals surface area contributed by atoms with E-state index in [1.54, 1.807) is 42.5 Å². The molecule has 0 unspecified atom stereocenters. The van der Waals surface area contributed by atoms with Gasteiger partial charge in [-0.3, -0.25) is 9.59 Å². The largest absolute Gasteiger partial charge is 0.348 e. The Kier molecular flexibility index (Phi) is 5.07. The zero-order valence-corrected chi connectivity index (χ0v) is 14.3. The lowest BCUT2D eigenvalue weighted by Crippen LogP contribution is -2.23. The maximum atomic E-state index is 12.2. The summed E-state index contributed by atoms with van der Waals surface area (Å²) in [6.07, 6.45) is 1.92. The number of carbonyl (C=O) groups is 2. The van der Waals surface area contributed by atoms with Gasteiger partial charge in [0.1, 0.15) is 0 Å². The van der Waals surface area contributed by atoms with Crippen molar-refractivity contribution >= 4 is 40.7 Å². The molecule has 2 amide bonds. The van der Waals surface area contributed by atoms with Gasteiger partial charge in [0.05, 0.1) is 0 Å². The van der Waals surface area contributed by atoms with E-state index in [0.717, 1.165) is 18.4 Å². The molecule has 0 spiro atoms. The van der Waals surface area contributed by atoms with E-state index in [0.29, 0.717) is 27.8 Å². The van der Waals surface area contributed by atoms with Crippen LogP contribution < -0.4 is 10.6 Å². The molecule has 1 aliphatic carbocycles. The van der Waals surface area contributed by atoms with Crippen LogP contribution in [0.4, 0.5) is 5.69 Å². The van der Waals surface area contributed by atoms with E-state index in [2.05, 4.69) is 10.6 Å². The highest BCUT2D eigenvalue weighted by Gasteiger charge is 2.29. The number of rotatable bonds is 5. The molecule has 1 aliphatic rings. The first kappa shape index (κ1) is 16.8. The van der Waals surface area contributed by atoms with Crippen molar-refractivity contribution in [3.63, 3.8) is 0 Å². The van der Waals surface area contributed by atoms with Gasteiger partial charge >= 0.3 is 0 Å². The zero-order chi connectivity index (χ0) is 17.1. The molecular weight excluding hydrogens is 347 g/mol. The first-order valence-corrected chi connectivity index (χ1v) is 8.41. The van der Waals surface area contributed by atoms with Crippen molar-refractivity contribution in [3.05, 3.63) is 63.6 Å². The van der Waals surface area contributed by atoms with Gasteiger partial charge in [0.15, 0.2) is 0 Å². The number of benzene rings is 2. The molecule has 3 rings (SSSR count). The van der Waals surface area contributed by atoms with Crippen molar-refractivity contribution in [1.82, 2.24) is 5.32 Å². The Morgan fingerprint density at radius 3 is 2.38 bits per heavy atom. The van der Waals surface area contributed by atoms with Crippen LogP contribution in [0.25, 0.3) is 0 Å². The van der Waals surface area contributed by atoms with Gasteiger partial charge in [-0.25, -0.2) is 0 Å². The van der Waals surface area contributed by atoms with Crippen molar-refractivity contribution in [1.29, 1.82) is 0 Å².